The van der Waals surface area contributed by atoms with Gasteiger partial charge in [-0.05, 0) is 46.9 Å². The lowest BCUT2D eigenvalue weighted by molar-refractivity contribution is 0.0598. The van der Waals surface area contributed by atoms with Gasteiger partial charge in [-0.25, -0.2) is 4.79 Å². The van der Waals surface area contributed by atoms with Crippen LogP contribution in [0.5, 0.6) is 11.5 Å². The van der Waals surface area contributed by atoms with Gasteiger partial charge in [0.15, 0.2) is 5.75 Å². The second-order valence-electron chi connectivity index (χ2n) is 3.52. The number of carbonyl (C=O) groups is 1. The van der Waals surface area contributed by atoms with E-state index in [-0.39, 0.29) is 0 Å². The van der Waals surface area contributed by atoms with Crippen LogP contribution in [0.25, 0.3) is 0 Å². The third-order valence-corrected chi connectivity index (χ3v) is 3.18. The molecule has 0 bridgehead atoms. The first-order valence-electron chi connectivity index (χ1n) is 5.32. The van der Waals surface area contributed by atoms with Crippen molar-refractivity contribution in [1.29, 1.82) is 0 Å². The summed E-state index contributed by atoms with van der Waals surface area (Å²) in [5.41, 5.74) is 0.424. The first-order valence-corrected chi connectivity index (χ1v) is 6.40. The van der Waals surface area contributed by atoms with Crippen LogP contribution in [0.1, 0.15) is 10.4 Å². The highest BCUT2D eigenvalue weighted by Crippen LogP contribution is 2.30. The van der Waals surface area contributed by atoms with Gasteiger partial charge in [0.2, 0.25) is 0 Å². The number of para-hydroxylation sites is 2. The van der Waals surface area contributed by atoms with Crippen molar-refractivity contribution in [1.82, 2.24) is 0 Å². The third-order valence-electron chi connectivity index (χ3n) is 2.34. The number of halogens is 1. The molecule has 0 saturated heterocycles. The van der Waals surface area contributed by atoms with E-state index in [2.05, 4.69) is 22.6 Å². The number of methoxy groups -OCH3 is 1. The Morgan fingerprint density at radius 1 is 1.06 bits per heavy atom. The number of ether oxygens (including phenoxy) is 2. The molecule has 0 unspecified atom stereocenters. The van der Waals surface area contributed by atoms with E-state index >= 15 is 0 Å². The maximum atomic E-state index is 11.7. The number of esters is 1. The molecule has 92 valence electrons. The zero-order chi connectivity index (χ0) is 13.0. The Hall–Kier alpha value is -1.56. The van der Waals surface area contributed by atoms with Gasteiger partial charge in [-0.15, -0.1) is 0 Å². The smallest absolute Gasteiger partial charge is 0.341 e. The average molecular weight is 354 g/mol. The van der Waals surface area contributed by atoms with Crippen LogP contribution in [0.4, 0.5) is 0 Å². The molecule has 0 amide bonds. The van der Waals surface area contributed by atoms with Crippen LogP contribution in [0.3, 0.4) is 0 Å². The quantitative estimate of drug-likeness (QED) is 0.620. The fourth-order valence-corrected chi connectivity index (χ4v) is 2.10. The standard InChI is InChI=1S/C14H11IO3/c1-17-14(16)11-8-5-9-12(15)13(11)18-10-6-3-2-4-7-10/h2-9H,1H3. The van der Waals surface area contributed by atoms with Gasteiger partial charge in [0.25, 0.3) is 0 Å². The second kappa shape index (κ2) is 5.86. The highest BCUT2D eigenvalue weighted by molar-refractivity contribution is 14.1. The van der Waals surface area contributed by atoms with Gasteiger partial charge in [0.1, 0.15) is 11.3 Å². The minimum Gasteiger partial charge on any atom is -0.465 e. The Morgan fingerprint density at radius 3 is 2.44 bits per heavy atom. The highest BCUT2D eigenvalue weighted by atomic mass is 127. The van der Waals surface area contributed by atoms with Gasteiger partial charge < -0.3 is 9.47 Å². The van der Waals surface area contributed by atoms with Gasteiger partial charge in [0, 0.05) is 0 Å². The summed E-state index contributed by atoms with van der Waals surface area (Å²) < 4.78 is 11.4. The summed E-state index contributed by atoms with van der Waals surface area (Å²) in [6, 6.07) is 14.7. The van der Waals surface area contributed by atoms with Crippen molar-refractivity contribution >= 4 is 28.6 Å². The number of hydrogen-bond donors (Lipinski definition) is 0. The molecule has 0 heterocycles. The van der Waals surface area contributed by atoms with Crippen molar-refractivity contribution < 1.29 is 14.3 Å². The summed E-state index contributed by atoms with van der Waals surface area (Å²) >= 11 is 2.13. The van der Waals surface area contributed by atoms with E-state index in [4.69, 9.17) is 9.47 Å². The molecule has 2 aromatic rings. The Kier molecular flexibility index (Phi) is 4.19. The lowest BCUT2D eigenvalue weighted by Gasteiger charge is -2.11. The van der Waals surface area contributed by atoms with Crippen molar-refractivity contribution in [2.24, 2.45) is 0 Å². The van der Waals surface area contributed by atoms with Crippen LogP contribution in [0.2, 0.25) is 0 Å². The summed E-state index contributed by atoms with van der Waals surface area (Å²) in [6.07, 6.45) is 0. The maximum absolute atomic E-state index is 11.7. The zero-order valence-corrected chi connectivity index (χ0v) is 11.9. The van der Waals surface area contributed by atoms with Gasteiger partial charge in [-0.3, -0.25) is 0 Å². The summed E-state index contributed by atoms with van der Waals surface area (Å²) in [6.45, 7) is 0. The van der Waals surface area contributed by atoms with Crippen molar-refractivity contribution in [3.8, 4) is 11.5 Å². The maximum Gasteiger partial charge on any atom is 0.341 e. The zero-order valence-electron chi connectivity index (χ0n) is 9.72. The Bertz CT molecular complexity index is 552. The molecule has 0 radical (unpaired) electrons. The number of rotatable bonds is 3. The van der Waals surface area contributed by atoms with Gasteiger partial charge >= 0.3 is 5.97 Å². The van der Waals surface area contributed by atoms with E-state index in [1.54, 1.807) is 12.1 Å². The van der Waals surface area contributed by atoms with E-state index in [1.807, 2.05) is 36.4 Å². The predicted octanol–water partition coefficient (Wildman–Crippen LogP) is 3.87. The first kappa shape index (κ1) is 12.9. The minimum atomic E-state index is -0.403. The van der Waals surface area contributed by atoms with E-state index < -0.39 is 5.97 Å². The number of hydrogen-bond acceptors (Lipinski definition) is 3. The van der Waals surface area contributed by atoms with E-state index in [1.165, 1.54) is 7.11 Å². The van der Waals surface area contributed by atoms with Crippen LogP contribution in [-0.4, -0.2) is 13.1 Å². The van der Waals surface area contributed by atoms with E-state index in [9.17, 15) is 4.79 Å². The van der Waals surface area contributed by atoms with Crippen molar-refractivity contribution in [3.05, 3.63) is 57.7 Å². The largest absolute Gasteiger partial charge is 0.465 e. The number of carbonyl (C=O) groups excluding carboxylic acids is 1. The summed E-state index contributed by atoms with van der Waals surface area (Å²) in [5.74, 6) is 0.808. The molecular weight excluding hydrogens is 343 g/mol. The molecule has 3 nitrogen and oxygen atoms in total. The SMILES string of the molecule is COC(=O)c1cccc(I)c1Oc1ccccc1. The molecule has 0 atom stereocenters. The second-order valence-corrected chi connectivity index (χ2v) is 4.69. The molecule has 4 heteroatoms. The Balaban J connectivity index is 2.40. The molecule has 0 aromatic heterocycles. The van der Waals surface area contributed by atoms with Crippen molar-refractivity contribution in [3.63, 3.8) is 0 Å². The van der Waals surface area contributed by atoms with Gasteiger partial charge in [-0.2, -0.15) is 0 Å². The van der Waals surface area contributed by atoms with E-state index in [0.29, 0.717) is 17.1 Å². The molecule has 0 saturated carbocycles. The number of benzene rings is 2. The summed E-state index contributed by atoms with van der Waals surface area (Å²) in [4.78, 5) is 11.7. The lowest BCUT2D eigenvalue weighted by atomic mass is 10.2. The normalized spacial score (nSPS) is 9.89. The fourth-order valence-electron chi connectivity index (χ4n) is 1.49. The molecule has 2 rings (SSSR count). The molecule has 0 aliphatic carbocycles. The lowest BCUT2D eigenvalue weighted by Crippen LogP contribution is -2.04. The van der Waals surface area contributed by atoms with E-state index in [0.717, 1.165) is 3.57 Å². The van der Waals surface area contributed by atoms with Gasteiger partial charge in [-0.1, -0.05) is 24.3 Å². The van der Waals surface area contributed by atoms with Crippen LogP contribution in [0, 0.1) is 3.57 Å². The Labute approximate surface area is 119 Å². The molecule has 0 fully saturated rings. The summed E-state index contributed by atoms with van der Waals surface area (Å²) in [5, 5.41) is 0. The minimum absolute atomic E-state index is 0.403. The highest BCUT2D eigenvalue weighted by Gasteiger charge is 2.16. The van der Waals surface area contributed by atoms with Crippen LogP contribution in [-0.2, 0) is 4.74 Å². The average Bonchev–Trinajstić information content (AvgIpc) is 2.41. The fraction of sp³-hybridized carbons (Fsp3) is 0.0714. The van der Waals surface area contributed by atoms with Crippen molar-refractivity contribution in [2.45, 2.75) is 0 Å². The topological polar surface area (TPSA) is 35.5 Å². The van der Waals surface area contributed by atoms with Crippen LogP contribution in [0.15, 0.2) is 48.5 Å². The van der Waals surface area contributed by atoms with Crippen LogP contribution < -0.4 is 4.74 Å². The molecule has 0 spiro atoms. The van der Waals surface area contributed by atoms with Gasteiger partial charge in [0.05, 0.1) is 10.7 Å². The predicted molar refractivity (Wildman–Crippen MR) is 77.0 cm³/mol. The van der Waals surface area contributed by atoms with Crippen molar-refractivity contribution in [2.75, 3.05) is 7.11 Å². The van der Waals surface area contributed by atoms with Crippen LogP contribution >= 0.6 is 22.6 Å². The molecule has 2 aromatic carbocycles. The monoisotopic (exact) mass is 354 g/mol. The molecule has 0 aliphatic rings. The molecule has 0 N–H and O–H groups in total. The molecule has 0 aliphatic heterocycles. The molecule has 18 heavy (non-hydrogen) atoms. The first-order chi connectivity index (χ1) is 8.72. The molecular formula is C14H11IO3. The Morgan fingerprint density at radius 2 is 1.78 bits per heavy atom. The third kappa shape index (κ3) is 2.81. The summed E-state index contributed by atoms with van der Waals surface area (Å²) in [7, 11) is 1.36.